The molecule has 1 aromatic carbocycles. The van der Waals surface area contributed by atoms with Gasteiger partial charge in [-0.25, -0.2) is 0 Å². The van der Waals surface area contributed by atoms with Gasteiger partial charge in [0.05, 0.1) is 0 Å². The van der Waals surface area contributed by atoms with Crippen LogP contribution in [0.15, 0.2) is 30.0 Å². The number of carboxylic acid groups (broad SMARTS) is 1. The van der Waals surface area contributed by atoms with Crippen LogP contribution in [0, 0.1) is 11.3 Å². The van der Waals surface area contributed by atoms with Gasteiger partial charge in [0.25, 0.3) is 5.91 Å². The molecule has 9 nitrogen and oxygen atoms in total. The molecule has 0 unspecified atom stereocenters. The van der Waals surface area contributed by atoms with Crippen LogP contribution in [-0.4, -0.2) is 66.3 Å². The molecule has 31 heavy (non-hydrogen) atoms. The van der Waals surface area contributed by atoms with Crippen LogP contribution in [-0.2, 0) is 16.1 Å². The molecule has 1 aromatic rings. The van der Waals surface area contributed by atoms with Gasteiger partial charge >= 0.3 is 5.97 Å². The Bertz CT molecular complexity index is 856. The number of carboxylic acids is 1. The van der Waals surface area contributed by atoms with Crippen molar-refractivity contribution >= 4 is 11.9 Å². The molecule has 2 aliphatic rings. The van der Waals surface area contributed by atoms with Crippen molar-refractivity contribution < 1.29 is 24.2 Å². The maximum Gasteiger partial charge on any atom is 0.303 e. The minimum atomic E-state index is -0.810. The first kappa shape index (κ1) is 22.4. The predicted octanol–water partition coefficient (Wildman–Crippen LogP) is 1.70. The lowest BCUT2D eigenvalue weighted by Gasteiger charge is -2.34. The van der Waals surface area contributed by atoms with Crippen molar-refractivity contribution in [1.29, 1.82) is 5.26 Å². The molecule has 2 heterocycles. The molecule has 2 N–H and O–H groups in total. The summed E-state index contributed by atoms with van der Waals surface area (Å²) in [5, 5.41) is 20.7. The third-order valence-electron chi connectivity index (χ3n) is 5.28. The Morgan fingerprint density at radius 1 is 1.13 bits per heavy atom. The lowest BCUT2D eigenvalue weighted by atomic mass is 10.1. The second-order valence-electron chi connectivity index (χ2n) is 7.61. The zero-order valence-electron chi connectivity index (χ0n) is 17.5. The molecular weight excluding hydrogens is 400 g/mol. The van der Waals surface area contributed by atoms with Crippen molar-refractivity contribution in [2.45, 2.75) is 32.2 Å². The number of nitriles is 1. The summed E-state index contributed by atoms with van der Waals surface area (Å²) >= 11 is 0. The highest BCUT2D eigenvalue weighted by atomic mass is 16.7. The van der Waals surface area contributed by atoms with Crippen LogP contribution in [0.1, 0.15) is 31.2 Å². The van der Waals surface area contributed by atoms with Crippen molar-refractivity contribution in [1.82, 2.24) is 15.1 Å². The van der Waals surface area contributed by atoms with E-state index in [1.807, 2.05) is 29.2 Å². The number of ether oxygens (including phenoxy) is 2. The fourth-order valence-electron chi connectivity index (χ4n) is 3.54. The second kappa shape index (κ2) is 11.2. The molecule has 166 valence electrons. The number of rotatable bonds is 10. The summed E-state index contributed by atoms with van der Waals surface area (Å²) in [4.78, 5) is 27.0. The van der Waals surface area contributed by atoms with Crippen LogP contribution in [0.3, 0.4) is 0 Å². The summed E-state index contributed by atoms with van der Waals surface area (Å²) in [6, 6.07) is 7.96. The first-order valence-corrected chi connectivity index (χ1v) is 10.5. The Hall–Kier alpha value is -3.25. The average Bonchev–Trinajstić information content (AvgIpc) is 3.23. The number of benzene rings is 1. The van der Waals surface area contributed by atoms with Gasteiger partial charge in [0, 0.05) is 51.9 Å². The number of aliphatic carboxylic acids is 1. The number of carbonyl (C=O) groups excluding carboxylic acids is 1. The highest BCUT2D eigenvalue weighted by molar-refractivity contribution is 5.97. The molecule has 1 amide bonds. The number of nitrogens with one attached hydrogen (secondary N) is 1. The van der Waals surface area contributed by atoms with Gasteiger partial charge in [-0.1, -0.05) is 12.5 Å². The topological polar surface area (TPSA) is 115 Å². The van der Waals surface area contributed by atoms with Crippen LogP contribution in [0.4, 0.5) is 0 Å². The quantitative estimate of drug-likeness (QED) is 0.329. The number of hydrogen-bond donors (Lipinski definition) is 2. The molecule has 0 bridgehead atoms. The maximum absolute atomic E-state index is 12.2. The molecule has 0 aromatic heterocycles. The molecule has 0 radical (unpaired) electrons. The van der Waals surface area contributed by atoms with Crippen LogP contribution >= 0.6 is 0 Å². The molecule has 2 aliphatic heterocycles. The van der Waals surface area contributed by atoms with Crippen LogP contribution < -0.4 is 14.8 Å². The maximum atomic E-state index is 12.2. The normalized spacial score (nSPS) is 16.1. The molecule has 0 spiro atoms. The number of amides is 1. The van der Waals surface area contributed by atoms with Crippen LogP contribution in [0.25, 0.3) is 0 Å². The molecule has 9 heteroatoms. The van der Waals surface area contributed by atoms with E-state index in [0.717, 1.165) is 56.2 Å². The van der Waals surface area contributed by atoms with Gasteiger partial charge in [-0.3, -0.25) is 14.5 Å². The van der Waals surface area contributed by atoms with Crippen molar-refractivity contribution in [2.24, 2.45) is 0 Å². The smallest absolute Gasteiger partial charge is 0.303 e. The van der Waals surface area contributed by atoms with E-state index in [0.29, 0.717) is 19.4 Å². The Morgan fingerprint density at radius 3 is 2.65 bits per heavy atom. The number of nitrogens with zero attached hydrogens (tertiary/aromatic N) is 3. The molecule has 0 atom stereocenters. The largest absolute Gasteiger partial charge is 0.481 e. The lowest BCUT2D eigenvalue weighted by Crippen LogP contribution is -2.44. The zero-order chi connectivity index (χ0) is 22.1. The number of carbonyl (C=O) groups is 2. The van der Waals surface area contributed by atoms with Crippen LogP contribution in [0.2, 0.25) is 0 Å². The van der Waals surface area contributed by atoms with Crippen molar-refractivity contribution in [3.63, 3.8) is 0 Å². The van der Waals surface area contributed by atoms with Crippen molar-refractivity contribution in [3.8, 4) is 17.6 Å². The van der Waals surface area contributed by atoms with Gasteiger partial charge in [-0.15, -0.1) is 0 Å². The Kier molecular flexibility index (Phi) is 8.12. The lowest BCUT2D eigenvalue weighted by molar-refractivity contribution is -0.137. The van der Waals surface area contributed by atoms with Gasteiger partial charge in [0.2, 0.25) is 6.79 Å². The average molecular weight is 428 g/mol. The van der Waals surface area contributed by atoms with Gasteiger partial charge in [-0.05, 0) is 30.5 Å². The number of unbranched alkanes of at least 4 members (excludes halogenated alkanes) is 2. The SMILES string of the molecule is N#C/C(=C/N1CCN(Cc2ccc3c(c2)OCO3)CC1)C(=O)NCCCCCC(=O)O. The van der Waals surface area contributed by atoms with E-state index in [4.69, 9.17) is 14.6 Å². The first-order valence-electron chi connectivity index (χ1n) is 10.5. The molecular formula is C22H28N4O5. The van der Waals surface area contributed by atoms with Crippen molar-refractivity contribution in [3.05, 3.63) is 35.5 Å². The summed E-state index contributed by atoms with van der Waals surface area (Å²) in [5.74, 6) is 0.366. The van der Waals surface area contributed by atoms with Crippen LogP contribution in [0.5, 0.6) is 11.5 Å². The minimum Gasteiger partial charge on any atom is -0.481 e. The van der Waals surface area contributed by atoms with Gasteiger partial charge in [0.1, 0.15) is 11.6 Å². The molecule has 0 aliphatic carbocycles. The van der Waals surface area contributed by atoms with Crippen molar-refractivity contribution in [2.75, 3.05) is 39.5 Å². The first-order chi connectivity index (χ1) is 15.0. The Labute approximate surface area is 181 Å². The highest BCUT2D eigenvalue weighted by Gasteiger charge is 2.19. The number of fused-ring (bicyclic) bond motifs is 1. The Morgan fingerprint density at radius 2 is 1.90 bits per heavy atom. The summed E-state index contributed by atoms with van der Waals surface area (Å²) < 4.78 is 10.8. The summed E-state index contributed by atoms with van der Waals surface area (Å²) in [6.45, 7) is 4.63. The monoisotopic (exact) mass is 428 g/mol. The molecule has 1 saturated heterocycles. The minimum absolute atomic E-state index is 0.0924. The standard InChI is InChI=1S/C22H28N4O5/c23-13-18(22(29)24-7-3-1-2-4-21(27)28)15-26-10-8-25(9-11-26)14-17-5-6-19-20(12-17)31-16-30-19/h5-6,12,15H,1-4,7-11,14,16H2,(H,24,29)(H,27,28)/b18-15-. The van der Waals surface area contributed by atoms with E-state index < -0.39 is 5.97 Å². The number of piperazine rings is 1. The molecule has 1 fully saturated rings. The van der Waals surface area contributed by atoms with E-state index in [2.05, 4.69) is 10.2 Å². The van der Waals surface area contributed by atoms with Gasteiger partial charge in [-0.2, -0.15) is 5.26 Å². The Balaban J connectivity index is 1.40. The number of hydrogen-bond acceptors (Lipinski definition) is 7. The fourth-order valence-corrected chi connectivity index (χ4v) is 3.54. The van der Waals surface area contributed by atoms with E-state index in [-0.39, 0.29) is 24.7 Å². The van der Waals surface area contributed by atoms with E-state index >= 15 is 0 Å². The predicted molar refractivity (Wildman–Crippen MR) is 112 cm³/mol. The highest BCUT2D eigenvalue weighted by Crippen LogP contribution is 2.32. The van der Waals surface area contributed by atoms with Gasteiger partial charge < -0.3 is 24.8 Å². The molecule has 3 rings (SSSR count). The molecule has 0 saturated carbocycles. The van der Waals surface area contributed by atoms with E-state index in [1.165, 1.54) is 0 Å². The summed E-state index contributed by atoms with van der Waals surface area (Å²) in [5.41, 5.74) is 1.25. The van der Waals surface area contributed by atoms with E-state index in [9.17, 15) is 14.9 Å². The summed E-state index contributed by atoms with van der Waals surface area (Å²) in [7, 11) is 0. The zero-order valence-corrected chi connectivity index (χ0v) is 17.5. The van der Waals surface area contributed by atoms with Gasteiger partial charge in [0.15, 0.2) is 11.5 Å². The van der Waals surface area contributed by atoms with E-state index in [1.54, 1.807) is 6.20 Å². The summed E-state index contributed by atoms with van der Waals surface area (Å²) in [6.07, 6.45) is 3.78. The third-order valence-corrected chi connectivity index (χ3v) is 5.28. The fraction of sp³-hybridized carbons (Fsp3) is 0.500. The third kappa shape index (κ3) is 6.89. The second-order valence-corrected chi connectivity index (χ2v) is 7.61.